The summed E-state index contributed by atoms with van der Waals surface area (Å²) in [6.45, 7) is 1.50. The zero-order chi connectivity index (χ0) is 16.9. The summed E-state index contributed by atoms with van der Waals surface area (Å²) >= 11 is 0. The van der Waals surface area contributed by atoms with Gasteiger partial charge in [0.05, 0.1) is 6.61 Å². The molecular weight excluding hydrogens is 310 g/mol. The van der Waals surface area contributed by atoms with Gasteiger partial charge < -0.3 is 19.5 Å². The molecule has 0 aliphatic carbocycles. The third kappa shape index (κ3) is 3.87. The number of amides is 1. The second-order valence-corrected chi connectivity index (χ2v) is 6.33. The molecule has 6 heteroatoms. The van der Waals surface area contributed by atoms with Crippen molar-refractivity contribution in [2.24, 2.45) is 0 Å². The molecule has 0 radical (unpaired) electrons. The average Bonchev–Trinajstić information content (AvgIpc) is 2.60. The highest BCUT2D eigenvalue weighted by Gasteiger charge is 2.31. The minimum atomic E-state index is -0.970. The minimum absolute atomic E-state index is 0.0440. The number of ether oxygens (including phenoxy) is 2. The lowest BCUT2D eigenvalue weighted by Gasteiger charge is -2.35. The number of carbonyl (C=O) groups excluding carboxylic acids is 1. The van der Waals surface area contributed by atoms with Crippen molar-refractivity contribution in [1.29, 1.82) is 0 Å². The number of hydrogen-bond donors (Lipinski definition) is 1. The second-order valence-electron chi connectivity index (χ2n) is 6.33. The topological polar surface area (TPSA) is 76.1 Å². The van der Waals surface area contributed by atoms with Crippen molar-refractivity contribution in [1.82, 2.24) is 4.90 Å². The molecule has 24 heavy (non-hydrogen) atoms. The summed E-state index contributed by atoms with van der Waals surface area (Å²) < 4.78 is 11.0. The lowest BCUT2D eigenvalue weighted by atomic mass is 9.89. The number of para-hydroxylation sites is 1. The van der Waals surface area contributed by atoms with Crippen molar-refractivity contribution in [2.45, 2.75) is 37.6 Å². The van der Waals surface area contributed by atoms with Crippen LogP contribution in [-0.4, -0.2) is 54.3 Å². The maximum atomic E-state index is 12.8. The Morgan fingerprint density at radius 3 is 2.62 bits per heavy atom. The molecule has 1 aromatic carbocycles. The number of carboxylic acid groups (broad SMARTS) is 1. The first-order chi connectivity index (χ1) is 11.6. The van der Waals surface area contributed by atoms with Gasteiger partial charge in [0, 0.05) is 25.7 Å². The molecule has 1 amide bonds. The van der Waals surface area contributed by atoms with Crippen molar-refractivity contribution in [3.63, 3.8) is 0 Å². The Hall–Kier alpha value is -2.08. The van der Waals surface area contributed by atoms with E-state index in [2.05, 4.69) is 0 Å². The predicted molar refractivity (Wildman–Crippen MR) is 87.1 cm³/mol. The quantitative estimate of drug-likeness (QED) is 0.892. The number of fused-ring (bicyclic) bond motifs is 1. The van der Waals surface area contributed by atoms with Gasteiger partial charge in [0.25, 0.3) is 0 Å². The van der Waals surface area contributed by atoms with Gasteiger partial charge in [-0.15, -0.1) is 0 Å². The molecule has 1 fully saturated rings. The number of carbonyl (C=O) groups is 2. The fraction of sp³-hybridized carbons (Fsp3) is 0.556. The van der Waals surface area contributed by atoms with E-state index in [1.54, 1.807) is 0 Å². The zero-order valence-corrected chi connectivity index (χ0v) is 13.6. The minimum Gasteiger partial charge on any atom is -0.493 e. The van der Waals surface area contributed by atoms with Crippen LogP contribution in [0.1, 0.15) is 37.2 Å². The van der Waals surface area contributed by atoms with E-state index in [1.807, 2.05) is 24.3 Å². The molecule has 130 valence electrons. The molecule has 2 heterocycles. The van der Waals surface area contributed by atoms with Crippen molar-refractivity contribution in [3.05, 3.63) is 29.8 Å². The highest BCUT2D eigenvalue weighted by atomic mass is 16.5. The van der Waals surface area contributed by atoms with E-state index < -0.39 is 5.97 Å². The second kappa shape index (κ2) is 7.66. The predicted octanol–water partition coefficient (Wildman–Crippen LogP) is 2.04. The van der Waals surface area contributed by atoms with Gasteiger partial charge in [0.2, 0.25) is 5.91 Å². The van der Waals surface area contributed by atoms with Crippen LogP contribution in [0.15, 0.2) is 24.3 Å². The van der Waals surface area contributed by atoms with Crippen molar-refractivity contribution in [2.75, 3.05) is 26.4 Å². The van der Waals surface area contributed by atoms with Gasteiger partial charge in [-0.3, -0.25) is 9.59 Å². The molecule has 1 saturated heterocycles. The molecule has 1 atom stereocenters. The van der Waals surface area contributed by atoms with Gasteiger partial charge in [-0.2, -0.15) is 0 Å². The standard InChI is InChI=1S/C18H23NO5/c20-17(19(12-18(21)22)14-6-8-23-9-7-14)11-13-5-10-24-16-4-2-1-3-15(13)16/h1-4,13-14H,5-12H2,(H,21,22)/t13-/m1/s1. The summed E-state index contributed by atoms with van der Waals surface area (Å²) in [5, 5.41) is 9.18. The molecule has 2 aliphatic heterocycles. The number of rotatable bonds is 5. The molecule has 3 rings (SSSR count). The summed E-state index contributed by atoms with van der Waals surface area (Å²) in [6.07, 6.45) is 2.50. The third-order valence-corrected chi connectivity index (χ3v) is 4.76. The van der Waals surface area contributed by atoms with E-state index in [0.717, 1.165) is 17.7 Å². The van der Waals surface area contributed by atoms with Gasteiger partial charge in [-0.25, -0.2) is 0 Å². The van der Waals surface area contributed by atoms with E-state index in [1.165, 1.54) is 4.90 Å². The van der Waals surface area contributed by atoms with Crippen LogP contribution in [-0.2, 0) is 14.3 Å². The summed E-state index contributed by atoms with van der Waals surface area (Å²) in [4.78, 5) is 25.6. The van der Waals surface area contributed by atoms with Crippen LogP contribution in [0.25, 0.3) is 0 Å². The Bertz CT molecular complexity index is 597. The largest absolute Gasteiger partial charge is 0.493 e. The number of benzene rings is 1. The molecular formula is C18H23NO5. The molecule has 0 aromatic heterocycles. The first-order valence-corrected chi connectivity index (χ1v) is 8.46. The van der Waals surface area contributed by atoms with Crippen LogP contribution < -0.4 is 4.74 Å². The van der Waals surface area contributed by atoms with E-state index in [0.29, 0.717) is 39.1 Å². The summed E-state index contributed by atoms with van der Waals surface area (Å²) in [5.41, 5.74) is 1.04. The number of carboxylic acids is 1. The Balaban J connectivity index is 1.72. The molecule has 2 aliphatic rings. The maximum absolute atomic E-state index is 12.8. The Morgan fingerprint density at radius 1 is 1.12 bits per heavy atom. The van der Waals surface area contributed by atoms with Crippen LogP contribution in [0.5, 0.6) is 5.75 Å². The lowest BCUT2D eigenvalue weighted by Crippen LogP contribution is -2.46. The van der Waals surface area contributed by atoms with Crippen LogP contribution in [0.3, 0.4) is 0 Å². The summed E-state index contributed by atoms with van der Waals surface area (Å²) in [6, 6.07) is 7.72. The highest BCUT2D eigenvalue weighted by Crippen LogP contribution is 2.36. The van der Waals surface area contributed by atoms with Crippen molar-refractivity contribution >= 4 is 11.9 Å². The first kappa shape index (κ1) is 16.8. The fourth-order valence-corrected chi connectivity index (χ4v) is 3.52. The van der Waals surface area contributed by atoms with Crippen LogP contribution in [0.4, 0.5) is 0 Å². The third-order valence-electron chi connectivity index (χ3n) is 4.76. The zero-order valence-electron chi connectivity index (χ0n) is 13.6. The molecule has 1 aromatic rings. The molecule has 0 spiro atoms. The van der Waals surface area contributed by atoms with Gasteiger partial charge in [0.15, 0.2) is 0 Å². The Labute approximate surface area is 141 Å². The highest BCUT2D eigenvalue weighted by molar-refractivity contribution is 5.82. The molecule has 1 N–H and O–H groups in total. The maximum Gasteiger partial charge on any atom is 0.323 e. The van der Waals surface area contributed by atoms with E-state index in [-0.39, 0.29) is 24.4 Å². The summed E-state index contributed by atoms with van der Waals surface area (Å²) in [7, 11) is 0. The smallest absolute Gasteiger partial charge is 0.323 e. The number of nitrogens with zero attached hydrogens (tertiary/aromatic N) is 1. The van der Waals surface area contributed by atoms with Gasteiger partial charge in [-0.05, 0) is 36.8 Å². The van der Waals surface area contributed by atoms with Gasteiger partial charge in [-0.1, -0.05) is 18.2 Å². The number of hydrogen-bond acceptors (Lipinski definition) is 4. The Morgan fingerprint density at radius 2 is 1.88 bits per heavy atom. The van der Waals surface area contributed by atoms with E-state index >= 15 is 0 Å². The normalized spacial score (nSPS) is 20.8. The van der Waals surface area contributed by atoms with Crippen molar-refractivity contribution in [3.8, 4) is 5.75 Å². The Kier molecular flexibility index (Phi) is 5.35. The summed E-state index contributed by atoms with van der Waals surface area (Å²) in [5.74, 6) is -0.149. The lowest BCUT2D eigenvalue weighted by molar-refractivity contribution is -0.148. The van der Waals surface area contributed by atoms with Crippen molar-refractivity contribution < 1.29 is 24.2 Å². The number of aliphatic carboxylic acids is 1. The molecule has 0 saturated carbocycles. The monoisotopic (exact) mass is 333 g/mol. The molecule has 6 nitrogen and oxygen atoms in total. The van der Waals surface area contributed by atoms with Crippen LogP contribution >= 0.6 is 0 Å². The van der Waals surface area contributed by atoms with Gasteiger partial charge >= 0.3 is 5.97 Å². The molecule has 0 unspecified atom stereocenters. The van der Waals surface area contributed by atoms with Gasteiger partial charge in [0.1, 0.15) is 12.3 Å². The first-order valence-electron chi connectivity index (χ1n) is 8.46. The van der Waals surface area contributed by atoms with Crippen LogP contribution in [0, 0.1) is 0 Å². The average molecular weight is 333 g/mol. The van der Waals surface area contributed by atoms with Crippen LogP contribution in [0.2, 0.25) is 0 Å². The SMILES string of the molecule is O=C(O)CN(C(=O)C[C@H]1CCOc2ccccc21)C1CCOCC1. The van der Waals surface area contributed by atoms with E-state index in [9.17, 15) is 14.7 Å². The fourth-order valence-electron chi connectivity index (χ4n) is 3.52. The van der Waals surface area contributed by atoms with E-state index in [4.69, 9.17) is 9.47 Å². The molecule has 0 bridgehead atoms.